The van der Waals surface area contributed by atoms with Crippen LogP contribution in [0, 0.1) is 0 Å². The van der Waals surface area contributed by atoms with Gasteiger partial charge in [-0.15, -0.1) is 0 Å². The van der Waals surface area contributed by atoms with Crippen molar-refractivity contribution in [2.24, 2.45) is 0 Å². The lowest BCUT2D eigenvalue weighted by Gasteiger charge is -2.30. The molecule has 46 heavy (non-hydrogen) atoms. The summed E-state index contributed by atoms with van der Waals surface area (Å²) in [5, 5.41) is 2.03. The van der Waals surface area contributed by atoms with Gasteiger partial charge in [-0.3, -0.25) is 4.79 Å². The van der Waals surface area contributed by atoms with Crippen molar-refractivity contribution in [2.75, 3.05) is 33.3 Å². The lowest BCUT2D eigenvalue weighted by atomic mass is 10.1. The normalized spacial score (nSPS) is 19.2. The van der Waals surface area contributed by atoms with Crippen molar-refractivity contribution < 1.29 is 28.6 Å². The Morgan fingerprint density at radius 3 is 2.50 bits per heavy atom. The second-order valence-electron chi connectivity index (χ2n) is 13.1. The molecule has 5 rings (SSSR count). The van der Waals surface area contributed by atoms with Gasteiger partial charge < -0.3 is 24.0 Å². The van der Waals surface area contributed by atoms with Crippen molar-refractivity contribution in [1.29, 1.82) is 0 Å². The van der Waals surface area contributed by atoms with Crippen molar-refractivity contribution in [3.05, 3.63) is 83.6 Å². The molecule has 2 aliphatic heterocycles. The first-order valence-electron chi connectivity index (χ1n) is 16.4. The summed E-state index contributed by atoms with van der Waals surface area (Å²) in [5.41, 5.74) is 3.16. The zero-order chi connectivity index (χ0) is 32.5. The van der Waals surface area contributed by atoms with E-state index < -0.39 is 11.9 Å². The third kappa shape index (κ3) is 9.55. The molecule has 2 amide bonds. The molecule has 9 heteroatoms. The number of fused-ring (bicyclic) bond motifs is 1. The van der Waals surface area contributed by atoms with Gasteiger partial charge in [-0.05, 0) is 102 Å². The third-order valence-corrected chi connectivity index (χ3v) is 8.31. The summed E-state index contributed by atoms with van der Waals surface area (Å²) < 4.78 is 18.0. The van der Waals surface area contributed by atoms with Crippen LogP contribution in [0.25, 0.3) is 16.8 Å². The van der Waals surface area contributed by atoms with E-state index in [9.17, 15) is 9.59 Å². The number of hydrogen-bond donors (Lipinski definition) is 1. The highest BCUT2D eigenvalue weighted by Crippen LogP contribution is 2.28. The van der Waals surface area contributed by atoms with Gasteiger partial charge in [0.05, 0.1) is 6.54 Å². The fourth-order valence-corrected chi connectivity index (χ4v) is 5.83. The van der Waals surface area contributed by atoms with Crippen molar-refractivity contribution in [2.45, 2.75) is 77.2 Å². The topological polar surface area (TPSA) is 89.6 Å². The van der Waals surface area contributed by atoms with Gasteiger partial charge in [-0.2, -0.15) is 0 Å². The van der Waals surface area contributed by atoms with Crippen molar-refractivity contribution in [3.8, 4) is 5.75 Å². The van der Waals surface area contributed by atoms with E-state index in [0.29, 0.717) is 36.3 Å². The molecule has 1 N–H and O–H groups in total. The van der Waals surface area contributed by atoms with Crippen LogP contribution in [0.15, 0.2) is 72.5 Å². The molecule has 2 aliphatic rings. The molecular formula is C37H47N3O6. The van der Waals surface area contributed by atoms with E-state index in [4.69, 9.17) is 19.0 Å². The Morgan fingerprint density at radius 1 is 1.00 bits per heavy atom. The maximum Gasteiger partial charge on any atom is 0.410 e. The molecule has 9 nitrogen and oxygen atoms in total. The molecule has 2 atom stereocenters. The first kappa shape index (κ1) is 33.4. The average molecular weight is 630 g/mol. The zero-order valence-corrected chi connectivity index (χ0v) is 27.5. The Labute approximate surface area is 272 Å². The summed E-state index contributed by atoms with van der Waals surface area (Å²) in [6.45, 7) is 8.08. The van der Waals surface area contributed by atoms with E-state index in [-0.39, 0.29) is 18.5 Å². The number of nitrogens with zero attached hydrogens (tertiary/aromatic N) is 2. The SMILES string of the molecule is CN1CCCC1CCN(CC(=Cc1ccc(C(=O)NOC2CCCCO2)cc1)Oc1cccc2ccccc12)C(=O)OC(C)(C)C. The Bertz CT molecular complexity index is 1490. The van der Waals surface area contributed by atoms with Gasteiger partial charge in [0.25, 0.3) is 5.91 Å². The smallest absolute Gasteiger partial charge is 0.410 e. The van der Waals surface area contributed by atoms with Crippen molar-refractivity contribution in [1.82, 2.24) is 15.3 Å². The van der Waals surface area contributed by atoms with Crippen LogP contribution in [0.3, 0.4) is 0 Å². The third-order valence-electron chi connectivity index (χ3n) is 8.31. The molecule has 0 aliphatic carbocycles. The molecular weight excluding hydrogens is 582 g/mol. The minimum absolute atomic E-state index is 0.214. The molecule has 0 aromatic heterocycles. The van der Waals surface area contributed by atoms with Crippen molar-refractivity contribution in [3.63, 3.8) is 0 Å². The largest absolute Gasteiger partial charge is 0.459 e. The maximum absolute atomic E-state index is 13.5. The van der Waals surface area contributed by atoms with Gasteiger partial charge in [-0.1, -0.05) is 48.5 Å². The van der Waals surface area contributed by atoms with E-state index in [1.165, 1.54) is 0 Å². The lowest BCUT2D eigenvalue weighted by Crippen LogP contribution is -2.41. The molecule has 0 spiro atoms. The number of hydrogen-bond acceptors (Lipinski definition) is 7. The molecule has 0 radical (unpaired) electrons. The van der Waals surface area contributed by atoms with Crippen LogP contribution in [0.1, 0.15) is 75.2 Å². The summed E-state index contributed by atoms with van der Waals surface area (Å²) in [7, 11) is 2.14. The minimum atomic E-state index is -0.636. The van der Waals surface area contributed by atoms with Gasteiger partial charge in [-0.25, -0.2) is 15.1 Å². The molecule has 3 aromatic carbocycles. The molecule has 0 bridgehead atoms. The predicted molar refractivity (Wildman–Crippen MR) is 179 cm³/mol. The number of ether oxygens (including phenoxy) is 3. The van der Waals surface area contributed by atoms with Crippen LogP contribution < -0.4 is 10.2 Å². The highest BCUT2D eigenvalue weighted by atomic mass is 16.8. The number of rotatable bonds is 11. The first-order valence-corrected chi connectivity index (χ1v) is 16.4. The average Bonchev–Trinajstić information content (AvgIpc) is 3.46. The molecule has 2 heterocycles. The number of hydroxylamine groups is 1. The van der Waals surface area contributed by atoms with Crippen LogP contribution >= 0.6 is 0 Å². The van der Waals surface area contributed by atoms with Crippen LogP contribution in [0.5, 0.6) is 5.75 Å². The fourth-order valence-electron chi connectivity index (χ4n) is 5.83. The van der Waals surface area contributed by atoms with E-state index in [1.54, 1.807) is 17.0 Å². The van der Waals surface area contributed by atoms with Gasteiger partial charge in [0.1, 0.15) is 17.1 Å². The molecule has 2 unspecified atom stereocenters. The number of carbonyl (C=O) groups excluding carboxylic acids is 2. The number of benzene rings is 3. The zero-order valence-electron chi connectivity index (χ0n) is 27.5. The quantitative estimate of drug-likeness (QED) is 0.178. The Balaban J connectivity index is 1.38. The highest BCUT2D eigenvalue weighted by Gasteiger charge is 2.27. The van der Waals surface area contributed by atoms with Crippen LogP contribution in [-0.4, -0.2) is 73.0 Å². The molecule has 0 saturated carbocycles. The highest BCUT2D eigenvalue weighted by molar-refractivity contribution is 5.93. The predicted octanol–water partition coefficient (Wildman–Crippen LogP) is 7.17. The molecule has 2 fully saturated rings. The van der Waals surface area contributed by atoms with Crippen LogP contribution in [0.4, 0.5) is 4.79 Å². The summed E-state index contributed by atoms with van der Waals surface area (Å²) in [6.07, 6.45) is 7.00. The monoisotopic (exact) mass is 629 g/mol. The maximum atomic E-state index is 13.5. The van der Waals surface area contributed by atoms with Crippen molar-refractivity contribution >= 4 is 28.8 Å². The van der Waals surface area contributed by atoms with Gasteiger partial charge in [0.2, 0.25) is 0 Å². The molecule has 3 aromatic rings. The standard InChI is InChI=1S/C37H47N3O6/c1-37(2,3)45-36(42)40(23-21-30-13-10-22-39(30)4)26-31(44-33-15-9-12-28-11-5-6-14-32(28)33)25-27-17-19-29(20-18-27)35(41)38-46-34-16-7-8-24-43-34/h5-6,9,11-12,14-15,17-20,25,30,34H,7-8,10,13,16,21-24,26H2,1-4H3,(H,38,41). The summed E-state index contributed by atoms with van der Waals surface area (Å²) >= 11 is 0. The fraction of sp³-hybridized carbons (Fsp3) is 0.459. The Morgan fingerprint density at radius 2 is 1.78 bits per heavy atom. The van der Waals surface area contributed by atoms with E-state index in [0.717, 1.165) is 61.4 Å². The van der Waals surface area contributed by atoms with E-state index in [1.807, 2.05) is 81.4 Å². The van der Waals surface area contributed by atoms with Crippen LogP contribution in [-0.2, 0) is 14.3 Å². The Hall–Kier alpha value is -3.92. The first-order chi connectivity index (χ1) is 22.1. The lowest BCUT2D eigenvalue weighted by molar-refractivity contribution is -0.186. The number of likely N-dealkylation sites (tertiary alicyclic amines) is 1. The molecule has 246 valence electrons. The molecule has 2 saturated heterocycles. The van der Waals surface area contributed by atoms with Crippen LogP contribution in [0.2, 0.25) is 0 Å². The summed E-state index contributed by atoms with van der Waals surface area (Å²) in [6, 6.07) is 21.6. The number of carbonyl (C=O) groups is 2. The second kappa shape index (κ2) is 15.6. The second-order valence-corrected chi connectivity index (χ2v) is 13.1. The Kier molecular flexibility index (Phi) is 11.3. The van der Waals surface area contributed by atoms with E-state index in [2.05, 4.69) is 17.4 Å². The van der Waals surface area contributed by atoms with Gasteiger partial charge in [0.15, 0.2) is 6.29 Å². The summed E-state index contributed by atoms with van der Waals surface area (Å²) in [5.74, 6) is 0.934. The number of amides is 2. The minimum Gasteiger partial charge on any atom is -0.459 e. The van der Waals surface area contributed by atoms with E-state index >= 15 is 0 Å². The summed E-state index contributed by atoms with van der Waals surface area (Å²) in [4.78, 5) is 35.8. The van der Waals surface area contributed by atoms with Gasteiger partial charge in [0, 0.05) is 36.6 Å². The number of nitrogens with one attached hydrogen (secondary N) is 1. The van der Waals surface area contributed by atoms with Gasteiger partial charge >= 0.3 is 6.09 Å².